The SMILES string of the molecule is C=CCNC(=O)C(=O)C(CCCC)NC(=O)[C@@H]1[C@@H]2[C@H](CN1C(=O)[C@@H](NC(=O)N[C@H](CN(C)S(=O)(=O)N1CCC1)C(C)(C)C)C(C)(C)C)C2(C)C. The zero-order chi connectivity index (χ0) is 38.0. The van der Waals surface area contributed by atoms with Crippen molar-refractivity contribution in [2.75, 3.05) is 39.8 Å². The molecule has 2 saturated heterocycles. The number of likely N-dealkylation sites (N-methyl/N-ethyl adjacent to an activating group) is 1. The summed E-state index contributed by atoms with van der Waals surface area (Å²) in [5.74, 6) is -2.60. The van der Waals surface area contributed by atoms with E-state index < -0.39 is 74.7 Å². The fraction of sp³-hybridized carbons (Fsp3) is 0.800. The van der Waals surface area contributed by atoms with Crippen molar-refractivity contribution >= 4 is 39.7 Å². The Morgan fingerprint density at radius 3 is 2.12 bits per heavy atom. The zero-order valence-corrected chi connectivity index (χ0v) is 32.5. The quantitative estimate of drug-likeness (QED) is 0.139. The highest BCUT2D eigenvalue weighted by atomic mass is 32.2. The number of ketones is 1. The monoisotopic (exact) mass is 723 g/mol. The number of urea groups is 1. The Morgan fingerprint density at radius 2 is 1.62 bits per heavy atom. The van der Waals surface area contributed by atoms with E-state index in [1.165, 1.54) is 26.6 Å². The van der Waals surface area contributed by atoms with Crippen molar-refractivity contribution in [1.82, 2.24) is 34.8 Å². The van der Waals surface area contributed by atoms with Crippen LogP contribution >= 0.6 is 0 Å². The van der Waals surface area contributed by atoms with Crippen molar-refractivity contribution < 1.29 is 32.4 Å². The standard InChI is InChI=1S/C35H61N7O7S/c1-12-14-16-23(27(43)30(45)36-17-13-2)37-29(44)26-25-22(35(25,9)10)20-42(26)31(46)28(34(6,7)8)39-32(47)38-24(33(3,4)5)21-40(11)50(48,49)41-18-15-19-41/h13,22-26,28H,2,12,14-21H2,1,3-11H3,(H,36,45)(H,37,44)(H2,38,39,47)/t22-,23?,24+,25-,26-,28+/m0/s1. The van der Waals surface area contributed by atoms with Gasteiger partial charge in [-0.2, -0.15) is 17.0 Å². The third-order valence-electron chi connectivity index (χ3n) is 10.6. The van der Waals surface area contributed by atoms with Crippen LogP contribution in [0.5, 0.6) is 0 Å². The van der Waals surface area contributed by atoms with Crippen LogP contribution in [0.4, 0.5) is 4.79 Å². The fourth-order valence-electron chi connectivity index (χ4n) is 6.91. The van der Waals surface area contributed by atoms with Crippen molar-refractivity contribution in [1.29, 1.82) is 0 Å². The Hall–Kier alpha value is -3.04. The highest BCUT2D eigenvalue weighted by Crippen LogP contribution is 2.65. The fourth-order valence-corrected chi connectivity index (χ4v) is 8.36. The number of hydrogen-bond donors (Lipinski definition) is 4. The number of nitrogens with one attached hydrogen (secondary N) is 4. The highest BCUT2D eigenvalue weighted by Gasteiger charge is 2.70. The lowest BCUT2D eigenvalue weighted by molar-refractivity contribution is -0.145. The number of nitrogens with zero attached hydrogens (tertiary/aromatic N) is 3. The first-order chi connectivity index (χ1) is 23.0. The van der Waals surface area contributed by atoms with Gasteiger partial charge < -0.3 is 26.2 Å². The lowest BCUT2D eigenvalue weighted by Gasteiger charge is -2.40. The van der Waals surface area contributed by atoms with Crippen molar-refractivity contribution in [3.63, 3.8) is 0 Å². The predicted molar refractivity (Wildman–Crippen MR) is 192 cm³/mol. The maximum absolute atomic E-state index is 14.4. The van der Waals surface area contributed by atoms with Gasteiger partial charge in [0.15, 0.2) is 0 Å². The molecule has 1 saturated carbocycles. The third-order valence-corrected chi connectivity index (χ3v) is 12.5. The molecule has 5 amide bonds. The molecular weight excluding hydrogens is 662 g/mol. The molecule has 0 aromatic carbocycles. The molecule has 14 nitrogen and oxygen atoms in total. The van der Waals surface area contributed by atoms with Gasteiger partial charge in [-0.1, -0.05) is 81.2 Å². The van der Waals surface area contributed by atoms with Crippen molar-refractivity contribution in [2.24, 2.45) is 28.1 Å². The van der Waals surface area contributed by atoms with Crippen LogP contribution in [0.25, 0.3) is 0 Å². The van der Waals surface area contributed by atoms with Gasteiger partial charge in [0.25, 0.3) is 16.1 Å². The molecule has 2 aliphatic heterocycles. The minimum absolute atomic E-state index is 0.0280. The van der Waals surface area contributed by atoms with E-state index in [4.69, 9.17) is 0 Å². The van der Waals surface area contributed by atoms with Crippen LogP contribution in [0.2, 0.25) is 0 Å². The maximum atomic E-state index is 14.4. The molecule has 3 rings (SSSR count). The summed E-state index contributed by atoms with van der Waals surface area (Å²) >= 11 is 0. The smallest absolute Gasteiger partial charge is 0.315 e. The number of piperidine rings is 1. The van der Waals surface area contributed by atoms with E-state index in [0.717, 1.165) is 12.8 Å². The summed E-state index contributed by atoms with van der Waals surface area (Å²) in [5, 5.41) is 11.1. The molecule has 1 unspecified atom stereocenters. The number of amides is 5. The largest absolute Gasteiger partial charge is 0.346 e. The Kier molecular flexibility index (Phi) is 13.0. The molecule has 4 N–H and O–H groups in total. The van der Waals surface area contributed by atoms with E-state index in [1.807, 2.05) is 62.3 Å². The molecular formula is C35H61N7O7S. The molecule has 6 atom stereocenters. The van der Waals surface area contributed by atoms with Crippen LogP contribution in [0, 0.1) is 28.1 Å². The van der Waals surface area contributed by atoms with Crippen LogP contribution in [-0.2, 0) is 29.4 Å². The summed E-state index contributed by atoms with van der Waals surface area (Å²) in [6.45, 7) is 22.1. The average molecular weight is 724 g/mol. The summed E-state index contributed by atoms with van der Waals surface area (Å²) in [6.07, 6.45) is 3.90. The Morgan fingerprint density at radius 1 is 1.00 bits per heavy atom. The number of unbranched alkanes of at least 4 members (excludes halogenated alkanes) is 1. The lowest BCUT2D eigenvalue weighted by Crippen LogP contribution is -2.63. The Balaban J connectivity index is 1.82. The second-order valence-electron chi connectivity index (χ2n) is 16.8. The molecule has 1 aliphatic carbocycles. The highest BCUT2D eigenvalue weighted by molar-refractivity contribution is 7.86. The van der Waals surface area contributed by atoms with E-state index >= 15 is 0 Å². The van der Waals surface area contributed by atoms with Gasteiger partial charge in [0, 0.05) is 45.8 Å². The van der Waals surface area contributed by atoms with Crippen LogP contribution in [0.3, 0.4) is 0 Å². The second-order valence-corrected chi connectivity index (χ2v) is 18.9. The molecule has 0 aromatic heterocycles. The second kappa shape index (κ2) is 15.7. The summed E-state index contributed by atoms with van der Waals surface area (Å²) in [7, 11) is -2.18. The van der Waals surface area contributed by atoms with Crippen LogP contribution in [-0.4, -0.2) is 115 Å². The van der Waals surface area contributed by atoms with Gasteiger partial charge in [-0.25, -0.2) is 4.79 Å². The summed E-state index contributed by atoms with van der Waals surface area (Å²) in [6, 6.07) is -4.21. The van der Waals surface area contributed by atoms with Crippen LogP contribution < -0.4 is 21.3 Å². The molecule has 0 aromatic rings. The number of likely N-dealkylation sites (tertiary alicyclic amines) is 1. The number of fused-ring (bicyclic) bond motifs is 1. The summed E-state index contributed by atoms with van der Waals surface area (Å²) in [4.78, 5) is 69.2. The van der Waals surface area contributed by atoms with E-state index in [1.54, 1.807) is 0 Å². The molecule has 15 heteroatoms. The number of carbonyl (C=O) groups excluding carboxylic acids is 5. The van der Waals surface area contributed by atoms with E-state index in [-0.39, 0.29) is 36.8 Å². The maximum Gasteiger partial charge on any atom is 0.315 e. The first kappa shape index (κ1) is 41.4. The van der Waals surface area contributed by atoms with Gasteiger partial charge in [0.2, 0.25) is 17.6 Å². The number of carbonyl (C=O) groups is 5. The predicted octanol–water partition coefficient (Wildman–Crippen LogP) is 2.03. The van der Waals surface area contributed by atoms with Gasteiger partial charge >= 0.3 is 6.03 Å². The Labute approximate surface area is 299 Å². The normalized spacial score (nSPS) is 23.5. The van der Waals surface area contributed by atoms with Gasteiger partial charge in [-0.15, -0.1) is 6.58 Å². The van der Waals surface area contributed by atoms with Crippen LogP contribution in [0.1, 0.15) is 88.0 Å². The summed E-state index contributed by atoms with van der Waals surface area (Å²) in [5.41, 5.74) is -1.51. The van der Waals surface area contributed by atoms with Crippen LogP contribution in [0.15, 0.2) is 12.7 Å². The number of rotatable bonds is 16. The molecule has 2 heterocycles. The van der Waals surface area contributed by atoms with E-state index in [2.05, 4.69) is 27.8 Å². The number of Topliss-reactive ketones (excluding diaryl/α,β-unsaturated/α-hetero) is 1. The Bertz CT molecular complexity index is 1410. The molecule has 0 radical (unpaired) electrons. The van der Waals surface area contributed by atoms with E-state index in [0.29, 0.717) is 26.1 Å². The third kappa shape index (κ3) is 9.24. The minimum Gasteiger partial charge on any atom is -0.346 e. The van der Waals surface area contributed by atoms with Crippen molar-refractivity contribution in [3.05, 3.63) is 12.7 Å². The van der Waals surface area contributed by atoms with Gasteiger partial charge in [0.05, 0.1) is 6.04 Å². The zero-order valence-electron chi connectivity index (χ0n) is 31.7. The van der Waals surface area contributed by atoms with E-state index in [9.17, 15) is 32.4 Å². The molecule has 284 valence electrons. The minimum atomic E-state index is -3.67. The average Bonchev–Trinajstić information content (AvgIpc) is 3.29. The van der Waals surface area contributed by atoms with Gasteiger partial charge in [-0.3, -0.25) is 19.2 Å². The molecule has 50 heavy (non-hydrogen) atoms. The molecule has 0 spiro atoms. The van der Waals surface area contributed by atoms with Gasteiger partial charge in [-0.05, 0) is 40.9 Å². The lowest BCUT2D eigenvalue weighted by atomic mass is 9.85. The number of hydrogen-bond acceptors (Lipinski definition) is 7. The summed E-state index contributed by atoms with van der Waals surface area (Å²) < 4.78 is 28.6. The topological polar surface area (TPSA) is 177 Å². The van der Waals surface area contributed by atoms with Crippen molar-refractivity contribution in [3.8, 4) is 0 Å². The van der Waals surface area contributed by atoms with Crippen molar-refractivity contribution in [2.45, 2.75) is 112 Å². The first-order valence-electron chi connectivity index (χ1n) is 17.8. The van der Waals surface area contributed by atoms with Gasteiger partial charge in [0.1, 0.15) is 12.1 Å². The molecule has 3 fully saturated rings. The molecule has 0 bridgehead atoms. The first-order valence-corrected chi connectivity index (χ1v) is 19.2. The molecule has 3 aliphatic rings.